The van der Waals surface area contributed by atoms with Crippen molar-refractivity contribution in [2.75, 3.05) is 5.75 Å². The molecule has 0 aliphatic rings. The summed E-state index contributed by atoms with van der Waals surface area (Å²) < 4.78 is 38.5. The molecule has 0 spiro atoms. The van der Waals surface area contributed by atoms with Crippen LogP contribution in [0, 0.1) is 0 Å². The molecule has 0 aliphatic heterocycles. The Morgan fingerprint density at radius 1 is 1.44 bits per heavy atom. The van der Waals surface area contributed by atoms with Crippen LogP contribution in [0.4, 0.5) is 13.2 Å². The molecular weight excluding hydrogens is 265 g/mol. The molecule has 0 saturated heterocycles. The van der Waals surface area contributed by atoms with E-state index in [1.54, 1.807) is 0 Å². The van der Waals surface area contributed by atoms with E-state index in [1.807, 2.05) is 6.92 Å². The van der Waals surface area contributed by atoms with Gasteiger partial charge in [0.1, 0.15) is 0 Å². The highest BCUT2D eigenvalue weighted by Crippen LogP contribution is 2.34. The number of nitrogens with zero attached hydrogens (tertiary/aromatic N) is 1. The molecule has 0 heterocycles. The number of rotatable bonds is 4. The smallest absolute Gasteiger partial charge is 0.409 e. The third kappa shape index (κ3) is 3.56. The Bertz CT molecular complexity index is 446. The Morgan fingerprint density at radius 3 is 2.61 bits per heavy atom. The van der Waals surface area contributed by atoms with Crippen LogP contribution >= 0.6 is 11.8 Å². The second-order valence-electron chi connectivity index (χ2n) is 3.54. The lowest BCUT2D eigenvalue weighted by Crippen LogP contribution is -2.20. The summed E-state index contributed by atoms with van der Waals surface area (Å²) in [6, 6.07) is 3.77. The standard InChI is InChI=1S/C11H13F3N2OS/c1-2-5-18-7-3-4-8(10(15)16-17)9(6-7)11(12,13)14/h3-4,6,17H,2,5H2,1H3,(H2,15,16). The van der Waals surface area contributed by atoms with Gasteiger partial charge in [-0.25, -0.2) is 0 Å². The molecule has 0 radical (unpaired) electrons. The first-order chi connectivity index (χ1) is 8.40. The van der Waals surface area contributed by atoms with Crippen molar-refractivity contribution in [2.45, 2.75) is 24.4 Å². The molecular formula is C11H13F3N2OS. The Hall–Kier alpha value is -1.37. The van der Waals surface area contributed by atoms with Gasteiger partial charge in [-0.15, -0.1) is 11.8 Å². The highest BCUT2D eigenvalue weighted by atomic mass is 32.2. The van der Waals surface area contributed by atoms with Crippen molar-refractivity contribution in [3.05, 3.63) is 29.3 Å². The summed E-state index contributed by atoms with van der Waals surface area (Å²) in [5, 5.41) is 11.1. The van der Waals surface area contributed by atoms with E-state index in [4.69, 9.17) is 10.9 Å². The fourth-order valence-corrected chi connectivity index (χ4v) is 2.15. The lowest BCUT2D eigenvalue weighted by Gasteiger charge is -2.13. The second kappa shape index (κ2) is 5.99. The predicted octanol–water partition coefficient (Wildman–Crippen LogP) is 3.30. The van der Waals surface area contributed by atoms with E-state index < -0.39 is 17.6 Å². The van der Waals surface area contributed by atoms with Crippen molar-refractivity contribution in [1.82, 2.24) is 0 Å². The van der Waals surface area contributed by atoms with Crippen molar-refractivity contribution in [1.29, 1.82) is 0 Å². The van der Waals surface area contributed by atoms with Crippen LogP contribution in [-0.2, 0) is 6.18 Å². The van der Waals surface area contributed by atoms with Gasteiger partial charge in [-0.05, 0) is 30.4 Å². The summed E-state index contributed by atoms with van der Waals surface area (Å²) in [6.07, 6.45) is -3.67. The first-order valence-corrected chi connectivity index (χ1v) is 6.20. The molecule has 1 aromatic carbocycles. The van der Waals surface area contributed by atoms with Gasteiger partial charge < -0.3 is 10.9 Å². The third-order valence-electron chi connectivity index (χ3n) is 2.15. The molecule has 1 aromatic rings. The average Bonchev–Trinajstić information content (AvgIpc) is 2.34. The molecule has 3 nitrogen and oxygen atoms in total. The van der Waals surface area contributed by atoms with Gasteiger partial charge in [0.15, 0.2) is 5.84 Å². The Balaban J connectivity index is 3.21. The summed E-state index contributed by atoms with van der Waals surface area (Å²) in [5.74, 6) is 0.189. The van der Waals surface area contributed by atoms with Gasteiger partial charge in [0.05, 0.1) is 5.56 Å². The highest BCUT2D eigenvalue weighted by Gasteiger charge is 2.34. The molecule has 0 fully saturated rings. The SMILES string of the molecule is CCCSc1ccc(/C(N)=N/O)c(C(F)(F)F)c1. The summed E-state index contributed by atoms with van der Waals surface area (Å²) in [4.78, 5) is 0.513. The maximum Gasteiger partial charge on any atom is 0.417 e. The van der Waals surface area contributed by atoms with Crippen LogP contribution in [0.3, 0.4) is 0 Å². The number of hydrogen-bond acceptors (Lipinski definition) is 3. The minimum atomic E-state index is -4.53. The lowest BCUT2D eigenvalue weighted by molar-refractivity contribution is -0.137. The first kappa shape index (κ1) is 14.7. The molecule has 0 bridgehead atoms. The zero-order valence-corrected chi connectivity index (χ0v) is 10.5. The summed E-state index contributed by atoms with van der Waals surface area (Å²) in [5.41, 5.74) is 4.03. The van der Waals surface area contributed by atoms with Crippen LogP contribution in [0.5, 0.6) is 0 Å². The van der Waals surface area contributed by atoms with E-state index in [0.29, 0.717) is 4.90 Å². The van der Waals surface area contributed by atoms with Crippen molar-refractivity contribution in [3.63, 3.8) is 0 Å². The lowest BCUT2D eigenvalue weighted by atomic mass is 10.1. The molecule has 100 valence electrons. The van der Waals surface area contributed by atoms with Gasteiger partial charge in [0.25, 0.3) is 0 Å². The molecule has 0 aliphatic carbocycles. The van der Waals surface area contributed by atoms with E-state index in [1.165, 1.54) is 23.9 Å². The summed E-state index contributed by atoms with van der Waals surface area (Å²) in [7, 11) is 0. The Morgan fingerprint density at radius 2 is 2.11 bits per heavy atom. The van der Waals surface area contributed by atoms with E-state index in [-0.39, 0.29) is 5.56 Å². The fraction of sp³-hybridized carbons (Fsp3) is 0.364. The summed E-state index contributed by atoms with van der Waals surface area (Å²) >= 11 is 1.34. The Labute approximate surface area is 107 Å². The third-order valence-corrected chi connectivity index (χ3v) is 3.35. The van der Waals surface area contributed by atoms with Crippen LogP contribution in [0.1, 0.15) is 24.5 Å². The normalized spacial score (nSPS) is 12.8. The minimum Gasteiger partial charge on any atom is -0.409 e. The molecule has 0 atom stereocenters. The second-order valence-corrected chi connectivity index (χ2v) is 4.71. The quantitative estimate of drug-likeness (QED) is 0.292. The van der Waals surface area contributed by atoms with Gasteiger partial charge in [0.2, 0.25) is 0 Å². The number of alkyl halides is 3. The number of oxime groups is 1. The number of benzene rings is 1. The number of nitrogens with two attached hydrogens (primary N) is 1. The molecule has 7 heteroatoms. The summed E-state index contributed by atoms with van der Waals surface area (Å²) in [6.45, 7) is 1.95. The van der Waals surface area contributed by atoms with Crippen LogP contribution in [0.25, 0.3) is 0 Å². The van der Waals surface area contributed by atoms with E-state index in [0.717, 1.165) is 18.2 Å². The molecule has 0 aromatic heterocycles. The van der Waals surface area contributed by atoms with Crippen molar-refractivity contribution in [3.8, 4) is 0 Å². The fourth-order valence-electron chi connectivity index (χ4n) is 1.34. The van der Waals surface area contributed by atoms with Gasteiger partial charge >= 0.3 is 6.18 Å². The van der Waals surface area contributed by atoms with Crippen molar-refractivity contribution in [2.24, 2.45) is 10.9 Å². The van der Waals surface area contributed by atoms with Gasteiger partial charge in [-0.2, -0.15) is 13.2 Å². The Kier molecular flexibility index (Phi) is 4.89. The molecule has 1 rings (SSSR count). The average molecular weight is 278 g/mol. The van der Waals surface area contributed by atoms with Gasteiger partial charge in [0, 0.05) is 10.5 Å². The highest BCUT2D eigenvalue weighted by molar-refractivity contribution is 7.99. The minimum absolute atomic E-state index is 0.314. The number of thioether (sulfide) groups is 1. The van der Waals surface area contributed by atoms with Crippen molar-refractivity contribution < 1.29 is 18.4 Å². The topological polar surface area (TPSA) is 58.6 Å². The molecule has 0 amide bonds. The zero-order chi connectivity index (χ0) is 13.8. The van der Waals surface area contributed by atoms with Gasteiger partial charge in [-0.3, -0.25) is 0 Å². The number of amidine groups is 1. The van der Waals surface area contributed by atoms with Crippen LogP contribution < -0.4 is 5.73 Å². The molecule has 0 unspecified atom stereocenters. The largest absolute Gasteiger partial charge is 0.417 e. The number of halogens is 3. The van der Waals surface area contributed by atoms with E-state index in [2.05, 4.69) is 5.16 Å². The molecule has 0 saturated carbocycles. The molecule has 18 heavy (non-hydrogen) atoms. The van der Waals surface area contributed by atoms with E-state index in [9.17, 15) is 13.2 Å². The van der Waals surface area contributed by atoms with Crippen LogP contribution in [0.2, 0.25) is 0 Å². The molecule has 3 N–H and O–H groups in total. The van der Waals surface area contributed by atoms with Crippen molar-refractivity contribution >= 4 is 17.6 Å². The predicted molar refractivity (Wildman–Crippen MR) is 65.0 cm³/mol. The van der Waals surface area contributed by atoms with Crippen LogP contribution in [0.15, 0.2) is 28.3 Å². The maximum absolute atomic E-state index is 12.8. The zero-order valence-electron chi connectivity index (χ0n) is 9.66. The van der Waals surface area contributed by atoms with Gasteiger partial charge in [-0.1, -0.05) is 12.1 Å². The first-order valence-electron chi connectivity index (χ1n) is 5.22. The monoisotopic (exact) mass is 278 g/mol. The number of hydrogen-bond donors (Lipinski definition) is 2. The maximum atomic E-state index is 12.8. The van der Waals surface area contributed by atoms with Crippen LogP contribution in [-0.4, -0.2) is 16.8 Å². The van der Waals surface area contributed by atoms with E-state index >= 15 is 0 Å².